The monoisotopic (exact) mass is 344 g/mol. The molecule has 0 saturated carbocycles. The molecule has 0 radical (unpaired) electrons. The average molecular weight is 344 g/mol. The molecular formula is C16H20N6OS. The van der Waals surface area contributed by atoms with E-state index in [1.807, 2.05) is 26.0 Å². The van der Waals surface area contributed by atoms with Crippen molar-refractivity contribution in [3.63, 3.8) is 0 Å². The Labute approximate surface area is 145 Å². The van der Waals surface area contributed by atoms with E-state index in [0.717, 1.165) is 16.8 Å². The number of carbonyl (C=O) groups is 1. The SMILES string of the molecule is Cc1cc(C)cc(-n2nnnc2SCC(=O)N(C)C(C)(C)C#N)c1. The Morgan fingerprint density at radius 2 is 1.96 bits per heavy atom. The summed E-state index contributed by atoms with van der Waals surface area (Å²) in [6.45, 7) is 7.43. The molecule has 1 aromatic carbocycles. The minimum atomic E-state index is -0.850. The maximum absolute atomic E-state index is 12.3. The predicted octanol–water partition coefficient (Wildman–Crippen LogP) is 2.13. The summed E-state index contributed by atoms with van der Waals surface area (Å²) >= 11 is 1.25. The summed E-state index contributed by atoms with van der Waals surface area (Å²) in [4.78, 5) is 13.7. The molecular weight excluding hydrogens is 324 g/mol. The van der Waals surface area contributed by atoms with Gasteiger partial charge in [-0.05, 0) is 61.4 Å². The minimum absolute atomic E-state index is 0.151. The number of carbonyl (C=O) groups excluding carboxylic acids is 1. The standard InChI is InChI=1S/C16H20N6OS/c1-11-6-12(2)8-13(7-11)22-15(18-19-20-22)24-9-14(23)21(5)16(3,4)10-17/h6-8H,9H2,1-5H3. The van der Waals surface area contributed by atoms with E-state index < -0.39 is 5.54 Å². The van der Waals surface area contributed by atoms with Gasteiger partial charge in [-0.25, -0.2) is 0 Å². The number of amides is 1. The van der Waals surface area contributed by atoms with Gasteiger partial charge in [-0.15, -0.1) is 5.10 Å². The number of aryl methyl sites for hydroxylation is 2. The summed E-state index contributed by atoms with van der Waals surface area (Å²) in [6.07, 6.45) is 0. The number of aromatic nitrogens is 4. The fourth-order valence-corrected chi connectivity index (χ4v) is 2.92. The van der Waals surface area contributed by atoms with Crippen LogP contribution in [-0.4, -0.2) is 49.4 Å². The molecule has 0 unspecified atom stereocenters. The normalized spacial score (nSPS) is 11.2. The highest BCUT2D eigenvalue weighted by Gasteiger charge is 2.27. The molecule has 2 aromatic rings. The van der Waals surface area contributed by atoms with Crippen LogP contribution in [0.3, 0.4) is 0 Å². The summed E-state index contributed by atoms with van der Waals surface area (Å²) in [7, 11) is 1.62. The Kier molecular flexibility index (Phi) is 5.24. The van der Waals surface area contributed by atoms with Crippen molar-refractivity contribution in [2.75, 3.05) is 12.8 Å². The average Bonchev–Trinajstić information content (AvgIpc) is 2.99. The molecule has 1 amide bonds. The third kappa shape index (κ3) is 3.92. The number of tetrazole rings is 1. The van der Waals surface area contributed by atoms with E-state index in [4.69, 9.17) is 5.26 Å². The summed E-state index contributed by atoms with van der Waals surface area (Å²) in [5.41, 5.74) is 2.24. The van der Waals surface area contributed by atoms with Crippen molar-refractivity contribution in [2.24, 2.45) is 0 Å². The quantitative estimate of drug-likeness (QED) is 0.772. The number of nitrogens with zero attached hydrogens (tertiary/aromatic N) is 6. The lowest BCUT2D eigenvalue weighted by atomic mass is 10.1. The third-order valence-corrected chi connectivity index (χ3v) is 4.61. The number of thioether (sulfide) groups is 1. The fourth-order valence-electron chi connectivity index (χ4n) is 2.11. The van der Waals surface area contributed by atoms with Crippen molar-refractivity contribution in [1.82, 2.24) is 25.1 Å². The van der Waals surface area contributed by atoms with Crippen molar-refractivity contribution in [2.45, 2.75) is 38.4 Å². The van der Waals surface area contributed by atoms with Gasteiger partial charge in [-0.2, -0.15) is 9.94 Å². The zero-order chi connectivity index (χ0) is 17.9. The van der Waals surface area contributed by atoms with Gasteiger partial charge in [0.2, 0.25) is 11.1 Å². The molecule has 0 N–H and O–H groups in total. The van der Waals surface area contributed by atoms with Gasteiger partial charge < -0.3 is 4.90 Å². The van der Waals surface area contributed by atoms with E-state index in [1.165, 1.54) is 16.7 Å². The van der Waals surface area contributed by atoms with Crippen molar-refractivity contribution in [3.8, 4) is 11.8 Å². The summed E-state index contributed by atoms with van der Waals surface area (Å²) in [6, 6.07) is 8.16. The van der Waals surface area contributed by atoms with Gasteiger partial charge in [0.1, 0.15) is 5.54 Å². The Bertz CT molecular complexity index is 772. The molecule has 2 rings (SSSR count). The van der Waals surface area contributed by atoms with Crippen LogP contribution in [0.5, 0.6) is 0 Å². The van der Waals surface area contributed by atoms with Crippen molar-refractivity contribution in [1.29, 1.82) is 5.26 Å². The fraction of sp³-hybridized carbons (Fsp3) is 0.438. The van der Waals surface area contributed by atoms with Crippen LogP contribution in [0.15, 0.2) is 23.4 Å². The first-order chi connectivity index (χ1) is 11.2. The van der Waals surface area contributed by atoms with Crippen LogP contribution in [0.25, 0.3) is 5.69 Å². The lowest BCUT2D eigenvalue weighted by Crippen LogP contribution is -2.44. The smallest absolute Gasteiger partial charge is 0.234 e. The van der Waals surface area contributed by atoms with Gasteiger partial charge in [0.25, 0.3) is 0 Å². The van der Waals surface area contributed by atoms with E-state index in [2.05, 4.69) is 27.7 Å². The molecule has 1 aromatic heterocycles. The molecule has 24 heavy (non-hydrogen) atoms. The maximum Gasteiger partial charge on any atom is 0.234 e. The third-order valence-electron chi connectivity index (χ3n) is 3.70. The van der Waals surface area contributed by atoms with Crippen LogP contribution in [0.4, 0.5) is 0 Å². The van der Waals surface area contributed by atoms with Crippen LogP contribution in [0, 0.1) is 25.2 Å². The van der Waals surface area contributed by atoms with Crippen molar-refractivity contribution < 1.29 is 4.79 Å². The zero-order valence-corrected chi connectivity index (χ0v) is 15.3. The van der Waals surface area contributed by atoms with Gasteiger partial charge >= 0.3 is 0 Å². The first kappa shape index (κ1) is 17.9. The molecule has 8 heteroatoms. The van der Waals surface area contributed by atoms with Crippen LogP contribution >= 0.6 is 11.8 Å². The molecule has 126 valence electrons. The van der Waals surface area contributed by atoms with Gasteiger partial charge in [0.15, 0.2) is 0 Å². The van der Waals surface area contributed by atoms with Crippen LogP contribution < -0.4 is 0 Å². The second-order valence-corrected chi connectivity index (χ2v) is 7.07. The second-order valence-electron chi connectivity index (χ2n) is 6.13. The Morgan fingerprint density at radius 1 is 1.33 bits per heavy atom. The van der Waals surface area contributed by atoms with Crippen molar-refractivity contribution in [3.05, 3.63) is 29.3 Å². The lowest BCUT2D eigenvalue weighted by molar-refractivity contribution is -0.130. The van der Waals surface area contributed by atoms with Gasteiger partial charge in [-0.3, -0.25) is 4.79 Å². The van der Waals surface area contributed by atoms with Gasteiger partial charge in [0, 0.05) is 7.05 Å². The highest BCUT2D eigenvalue weighted by atomic mass is 32.2. The molecule has 1 heterocycles. The van der Waals surface area contributed by atoms with E-state index in [-0.39, 0.29) is 11.7 Å². The number of rotatable bonds is 5. The van der Waals surface area contributed by atoms with E-state index in [9.17, 15) is 4.79 Å². The highest BCUT2D eigenvalue weighted by molar-refractivity contribution is 7.99. The zero-order valence-electron chi connectivity index (χ0n) is 14.4. The molecule has 0 aliphatic rings. The topological polar surface area (TPSA) is 87.7 Å². The molecule has 7 nitrogen and oxygen atoms in total. The Balaban J connectivity index is 2.15. The molecule has 0 saturated heterocycles. The van der Waals surface area contributed by atoms with Gasteiger partial charge in [0.05, 0.1) is 17.5 Å². The summed E-state index contributed by atoms with van der Waals surface area (Å²) in [5, 5.41) is 21.4. The molecule has 0 spiro atoms. The maximum atomic E-state index is 12.3. The van der Waals surface area contributed by atoms with Crippen LogP contribution in [0.2, 0.25) is 0 Å². The number of hydrogen-bond acceptors (Lipinski definition) is 6. The largest absolute Gasteiger partial charge is 0.327 e. The molecule has 0 bridgehead atoms. The minimum Gasteiger partial charge on any atom is -0.327 e. The van der Waals surface area contributed by atoms with E-state index >= 15 is 0 Å². The molecule has 0 aliphatic carbocycles. The summed E-state index contributed by atoms with van der Waals surface area (Å²) < 4.78 is 1.62. The van der Waals surface area contributed by atoms with E-state index in [0.29, 0.717) is 5.16 Å². The molecule has 0 atom stereocenters. The molecule has 0 fully saturated rings. The van der Waals surface area contributed by atoms with Gasteiger partial charge in [-0.1, -0.05) is 17.8 Å². The van der Waals surface area contributed by atoms with E-state index in [1.54, 1.807) is 25.6 Å². The lowest BCUT2D eigenvalue weighted by Gasteiger charge is -2.28. The van der Waals surface area contributed by atoms with Crippen molar-refractivity contribution >= 4 is 17.7 Å². The Hall–Kier alpha value is -2.40. The molecule has 0 aliphatic heterocycles. The Morgan fingerprint density at radius 3 is 2.54 bits per heavy atom. The second kappa shape index (κ2) is 7.01. The predicted molar refractivity (Wildman–Crippen MR) is 91.8 cm³/mol. The first-order valence-electron chi connectivity index (χ1n) is 7.42. The summed E-state index contributed by atoms with van der Waals surface area (Å²) in [5.74, 6) is 0.00814. The van der Waals surface area contributed by atoms with Crippen LogP contribution in [0.1, 0.15) is 25.0 Å². The number of nitriles is 1. The number of hydrogen-bond donors (Lipinski definition) is 0. The first-order valence-corrected chi connectivity index (χ1v) is 8.41. The number of benzene rings is 1. The van der Waals surface area contributed by atoms with Crippen LogP contribution in [-0.2, 0) is 4.79 Å². The highest BCUT2D eigenvalue weighted by Crippen LogP contribution is 2.21.